The van der Waals surface area contributed by atoms with Crippen LogP contribution in [0.15, 0.2) is 48.0 Å². The van der Waals surface area contributed by atoms with E-state index in [4.69, 9.17) is 14.2 Å². The first kappa shape index (κ1) is 19.5. The van der Waals surface area contributed by atoms with Crippen LogP contribution in [0.4, 0.5) is 0 Å². The Hall–Kier alpha value is -2.83. The van der Waals surface area contributed by atoms with Gasteiger partial charge in [-0.15, -0.1) is 0 Å². The summed E-state index contributed by atoms with van der Waals surface area (Å²) in [6.45, 7) is 3.74. The van der Waals surface area contributed by atoms with Crippen molar-refractivity contribution in [3.8, 4) is 11.5 Å². The Balaban J connectivity index is 1.70. The van der Waals surface area contributed by atoms with Crippen molar-refractivity contribution in [1.29, 1.82) is 0 Å². The SMILES string of the molecule is CO[C@@H]1OC(=O)C(c2ccc(O)cc2)=C1Cc1ccc2c(c1)C[C@H](O)C(C)(C)O2. The highest BCUT2D eigenvalue weighted by Gasteiger charge is 2.37. The van der Waals surface area contributed by atoms with E-state index in [0.717, 1.165) is 22.4 Å². The molecule has 2 N–H and O–H groups in total. The molecule has 0 saturated carbocycles. The van der Waals surface area contributed by atoms with Gasteiger partial charge in [-0.2, -0.15) is 0 Å². The van der Waals surface area contributed by atoms with Gasteiger partial charge >= 0.3 is 5.97 Å². The highest BCUT2D eigenvalue weighted by Crippen LogP contribution is 2.37. The van der Waals surface area contributed by atoms with E-state index in [1.165, 1.54) is 19.2 Å². The van der Waals surface area contributed by atoms with Crippen LogP contribution < -0.4 is 4.74 Å². The normalized spacial score (nSPS) is 22.8. The monoisotopic (exact) mass is 396 g/mol. The molecule has 2 aromatic carbocycles. The summed E-state index contributed by atoms with van der Waals surface area (Å²) in [5.41, 5.74) is 3.11. The van der Waals surface area contributed by atoms with Crippen molar-refractivity contribution in [2.45, 2.75) is 44.7 Å². The van der Waals surface area contributed by atoms with Gasteiger partial charge < -0.3 is 24.4 Å². The highest BCUT2D eigenvalue weighted by atomic mass is 16.7. The predicted molar refractivity (Wildman–Crippen MR) is 106 cm³/mol. The molecule has 0 unspecified atom stereocenters. The number of hydrogen-bond acceptors (Lipinski definition) is 6. The molecule has 0 fully saturated rings. The smallest absolute Gasteiger partial charge is 0.341 e. The number of phenols is 1. The predicted octanol–water partition coefficient (Wildman–Crippen LogP) is 2.99. The van der Waals surface area contributed by atoms with Gasteiger partial charge in [0.15, 0.2) is 0 Å². The van der Waals surface area contributed by atoms with Crippen molar-refractivity contribution in [3.63, 3.8) is 0 Å². The number of hydrogen-bond donors (Lipinski definition) is 2. The molecule has 2 aliphatic heterocycles. The standard InChI is InChI=1S/C23H24O6/c1-23(2)19(25)12-15-10-13(4-9-18(15)29-23)11-17-20(21(26)28-22(17)27-3)14-5-7-16(24)8-6-14/h4-10,19,22,24-25H,11-12H2,1-3H3/t19-,22+/m0/s1. The Morgan fingerprint density at radius 2 is 1.90 bits per heavy atom. The lowest BCUT2D eigenvalue weighted by atomic mass is 9.89. The number of aromatic hydroxyl groups is 1. The fourth-order valence-electron chi connectivity index (χ4n) is 3.80. The summed E-state index contributed by atoms with van der Waals surface area (Å²) in [6.07, 6.45) is -0.403. The molecule has 0 radical (unpaired) electrons. The number of methoxy groups -OCH3 is 1. The van der Waals surface area contributed by atoms with Crippen molar-refractivity contribution in [2.24, 2.45) is 0 Å². The van der Waals surface area contributed by atoms with Gasteiger partial charge in [0.05, 0.1) is 11.7 Å². The van der Waals surface area contributed by atoms with E-state index >= 15 is 0 Å². The summed E-state index contributed by atoms with van der Waals surface area (Å²) in [5, 5.41) is 19.9. The fraction of sp³-hybridized carbons (Fsp3) is 0.348. The van der Waals surface area contributed by atoms with E-state index in [9.17, 15) is 15.0 Å². The molecule has 0 saturated heterocycles. The third-order valence-corrected chi connectivity index (χ3v) is 5.50. The second kappa shape index (κ2) is 7.21. The number of aliphatic hydroxyl groups excluding tert-OH is 1. The van der Waals surface area contributed by atoms with Gasteiger partial charge in [0.25, 0.3) is 0 Å². The Bertz CT molecular complexity index is 973. The Labute approximate surface area is 169 Å². The van der Waals surface area contributed by atoms with Gasteiger partial charge in [0, 0.05) is 25.5 Å². The lowest BCUT2D eigenvalue weighted by Gasteiger charge is -2.37. The van der Waals surface area contributed by atoms with Crippen LogP contribution >= 0.6 is 0 Å². The van der Waals surface area contributed by atoms with Crippen LogP contribution in [-0.4, -0.2) is 41.3 Å². The number of cyclic esters (lactones) is 1. The van der Waals surface area contributed by atoms with Crippen LogP contribution in [0.5, 0.6) is 11.5 Å². The molecule has 0 aliphatic carbocycles. The largest absolute Gasteiger partial charge is 0.508 e. The minimum atomic E-state index is -0.761. The molecule has 6 heteroatoms. The number of esters is 1. The zero-order chi connectivity index (χ0) is 20.8. The average Bonchev–Trinajstić information content (AvgIpc) is 2.99. The number of aliphatic hydroxyl groups is 1. The molecule has 2 heterocycles. The first-order chi connectivity index (χ1) is 13.8. The van der Waals surface area contributed by atoms with Gasteiger partial charge in [-0.05, 0) is 48.7 Å². The average molecular weight is 396 g/mol. The van der Waals surface area contributed by atoms with E-state index in [1.807, 2.05) is 32.0 Å². The quantitative estimate of drug-likeness (QED) is 0.773. The summed E-state index contributed by atoms with van der Waals surface area (Å²) < 4.78 is 16.7. The minimum Gasteiger partial charge on any atom is -0.508 e. The second-order valence-electron chi connectivity index (χ2n) is 7.96. The minimum absolute atomic E-state index is 0.127. The number of fused-ring (bicyclic) bond motifs is 1. The highest BCUT2D eigenvalue weighted by molar-refractivity contribution is 6.19. The summed E-state index contributed by atoms with van der Waals surface area (Å²) in [4.78, 5) is 12.5. The van der Waals surface area contributed by atoms with Gasteiger partial charge in [0.2, 0.25) is 6.29 Å². The van der Waals surface area contributed by atoms with Crippen molar-refractivity contribution >= 4 is 11.5 Å². The Morgan fingerprint density at radius 3 is 2.59 bits per heavy atom. The van der Waals surface area contributed by atoms with E-state index in [1.54, 1.807) is 12.1 Å². The van der Waals surface area contributed by atoms with Gasteiger partial charge in [-0.1, -0.05) is 24.3 Å². The zero-order valence-electron chi connectivity index (χ0n) is 16.6. The maximum absolute atomic E-state index is 12.5. The molecule has 0 amide bonds. The Kier molecular flexibility index (Phi) is 4.84. The number of carbonyl (C=O) groups excluding carboxylic acids is 1. The fourth-order valence-corrected chi connectivity index (χ4v) is 3.80. The zero-order valence-corrected chi connectivity index (χ0v) is 16.6. The summed E-state index contributed by atoms with van der Waals surface area (Å²) in [6, 6.07) is 12.3. The van der Waals surface area contributed by atoms with E-state index in [-0.39, 0.29) is 5.75 Å². The lowest BCUT2D eigenvalue weighted by Crippen LogP contribution is -2.46. The van der Waals surface area contributed by atoms with Crippen LogP contribution in [0, 0.1) is 0 Å². The van der Waals surface area contributed by atoms with Crippen LogP contribution in [-0.2, 0) is 27.1 Å². The number of benzene rings is 2. The Morgan fingerprint density at radius 1 is 1.17 bits per heavy atom. The van der Waals surface area contributed by atoms with Gasteiger partial charge in [0.1, 0.15) is 17.1 Å². The first-order valence-corrected chi connectivity index (χ1v) is 9.53. The van der Waals surface area contributed by atoms with Crippen LogP contribution in [0.25, 0.3) is 5.57 Å². The lowest BCUT2D eigenvalue weighted by molar-refractivity contribution is -0.154. The van der Waals surface area contributed by atoms with Gasteiger partial charge in [-0.3, -0.25) is 0 Å². The molecule has 0 bridgehead atoms. The van der Waals surface area contributed by atoms with Crippen molar-refractivity contribution < 1.29 is 29.2 Å². The van der Waals surface area contributed by atoms with E-state index in [0.29, 0.717) is 24.0 Å². The maximum Gasteiger partial charge on any atom is 0.341 e. The van der Waals surface area contributed by atoms with E-state index in [2.05, 4.69) is 0 Å². The molecule has 2 aliphatic rings. The summed E-state index contributed by atoms with van der Waals surface area (Å²) in [7, 11) is 1.50. The second-order valence-corrected chi connectivity index (χ2v) is 7.96. The van der Waals surface area contributed by atoms with Crippen molar-refractivity contribution in [1.82, 2.24) is 0 Å². The third-order valence-electron chi connectivity index (χ3n) is 5.50. The van der Waals surface area contributed by atoms with Crippen LogP contribution in [0.3, 0.4) is 0 Å². The molecule has 6 nitrogen and oxygen atoms in total. The third kappa shape index (κ3) is 3.61. The number of rotatable bonds is 4. The van der Waals surface area contributed by atoms with Crippen molar-refractivity contribution in [2.75, 3.05) is 7.11 Å². The number of phenolic OH excluding ortho intramolecular Hbond substituents is 1. The number of carbonyl (C=O) groups is 1. The molecule has 2 atom stereocenters. The molecule has 2 aromatic rings. The summed E-state index contributed by atoms with van der Waals surface area (Å²) >= 11 is 0. The first-order valence-electron chi connectivity index (χ1n) is 9.53. The molecule has 4 rings (SSSR count). The van der Waals surface area contributed by atoms with Crippen LogP contribution in [0.2, 0.25) is 0 Å². The maximum atomic E-state index is 12.5. The molecular formula is C23H24O6. The topological polar surface area (TPSA) is 85.2 Å². The van der Waals surface area contributed by atoms with E-state index < -0.39 is 24.0 Å². The summed E-state index contributed by atoms with van der Waals surface area (Å²) in [5.74, 6) is 0.441. The molecule has 152 valence electrons. The van der Waals surface area contributed by atoms with Crippen LogP contribution in [0.1, 0.15) is 30.5 Å². The molecule has 0 aromatic heterocycles. The molecule has 0 spiro atoms. The van der Waals surface area contributed by atoms with Crippen molar-refractivity contribution in [3.05, 3.63) is 64.7 Å². The molecular weight excluding hydrogens is 372 g/mol. The molecule has 29 heavy (non-hydrogen) atoms. The number of ether oxygens (including phenoxy) is 3. The van der Waals surface area contributed by atoms with Gasteiger partial charge in [-0.25, -0.2) is 4.79 Å².